The van der Waals surface area contributed by atoms with Gasteiger partial charge in [0.2, 0.25) is 0 Å². The van der Waals surface area contributed by atoms with E-state index in [9.17, 15) is 9.90 Å². The van der Waals surface area contributed by atoms with Crippen LogP contribution in [0.2, 0.25) is 4.47 Å². The van der Waals surface area contributed by atoms with E-state index in [1.807, 2.05) is 26.0 Å². The minimum Gasteiger partial charge on any atom is -0.474 e. The van der Waals surface area contributed by atoms with Crippen molar-refractivity contribution in [2.24, 2.45) is 0 Å². The normalized spacial score (nSPS) is 11.3. The fraction of sp³-hybridized carbons (Fsp3) is 0.267. The van der Waals surface area contributed by atoms with Crippen molar-refractivity contribution in [3.8, 4) is 5.88 Å². The fourth-order valence-corrected chi connectivity index (χ4v) is 3.38. The Hall–Kier alpha value is -2.12. The molecule has 3 rings (SSSR count). The Morgan fingerprint density at radius 1 is 1.52 bits per heavy atom. The van der Waals surface area contributed by atoms with Crippen LogP contribution in [-0.4, -0.2) is 26.6 Å². The third kappa shape index (κ3) is 3.02. The van der Waals surface area contributed by atoms with Gasteiger partial charge in [0.15, 0.2) is 4.47 Å². The summed E-state index contributed by atoms with van der Waals surface area (Å²) in [4.78, 5) is 17.4. The molecule has 0 saturated carbocycles. The van der Waals surface area contributed by atoms with Gasteiger partial charge in [0, 0.05) is 18.3 Å². The molecule has 0 unspecified atom stereocenters. The highest BCUT2D eigenvalue weighted by Crippen LogP contribution is 2.23. The second kappa shape index (κ2) is 6.17. The first-order chi connectivity index (χ1) is 11.0. The Morgan fingerprint density at radius 2 is 2.30 bits per heavy atom. The van der Waals surface area contributed by atoms with Gasteiger partial charge in [0.05, 0.1) is 11.1 Å². The summed E-state index contributed by atoms with van der Waals surface area (Å²) in [5.41, 5.74) is 0.929. The molecule has 120 valence electrons. The average Bonchev–Trinajstić information content (AvgIpc) is 3.02. The number of fused-ring (bicyclic) bond motifs is 1. The molecule has 23 heavy (non-hydrogen) atoms. The number of nitrogens with one attached hydrogen (secondary N) is 1. The molecular formula is C15H16ClN4O2S+. The lowest BCUT2D eigenvalue weighted by molar-refractivity contribution is -0.521. The molecular weight excluding hydrogens is 336 g/mol. The van der Waals surface area contributed by atoms with Crippen molar-refractivity contribution in [3.05, 3.63) is 45.6 Å². The van der Waals surface area contributed by atoms with Crippen molar-refractivity contribution in [2.45, 2.75) is 26.4 Å². The molecule has 8 heteroatoms. The van der Waals surface area contributed by atoms with Gasteiger partial charge in [-0.05, 0) is 19.9 Å². The van der Waals surface area contributed by atoms with Gasteiger partial charge in [-0.25, -0.2) is 9.55 Å². The largest absolute Gasteiger partial charge is 0.474 e. The van der Waals surface area contributed by atoms with Crippen LogP contribution < -0.4 is 9.72 Å². The monoisotopic (exact) mass is 351 g/mol. The maximum absolute atomic E-state index is 12.5. The van der Waals surface area contributed by atoms with Crippen LogP contribution in [0.4, 0.5) is 0 Å². The van der Waals surface area contributed by atoms with Crippen LogP contribution in [0.1, 0.15) is 29.2 Å². The smallest absolute Gasteiger partial charge is 0.341 e. The van der Waals surface area contributed by atoms with Crippen molar-refractivity contribution >= 4 is 34.5 Å². The zero-order chi connectivity index (χ0) is 16.6. The van der Waals surface area contributed by atoms with E-state index in [2.05, 4.69) is 10.3 Å². The van der Waals surface area contributed by atoms with Crippen molar-refractivity contribution < 1.29 is 14.3 Å². The number of nitrogens with zero attached hydrogens (tertiary/aromatic N) is 3. The zero-order valence-electron chi connectivity index (χ0n) is 12.7. The Bertz CT molecular complexity index is 872. The zero-order valence-corrected chi connectivity index (χ0v) is 14.2. The molecule has 1 amide bonds. The van der Waals surface area contributed by atoms with Crippen LogP contribution in [-0.2, 0) is 6.54 Å². The first-order valence-corrected chi connectivity index (χ1v) is 8.29. The number of hydrogen-bond acceptors (Lipinski definition) is 4. The number of thiazole rings is 1. The molecule has 0 aliphatic carbocycles. The number of amides is 1. The van der Waals surface area contributed by atoms with E-state index >= 15 is 0 Å². The lowest BCUT2D eigenvalue weighted by atomic mass is 10.3. The fourth-order valence-electron chi connectivity index (χ4n) is 2.41. The second-order valence-corrected chi connectivity index (χ2v) is 7.09. The molecule has 0 atom stereocenters. The van der Waals surface area contributed by atoms with Crippen LogP contribution in [0.3, 0.4) is 0 Å². The maximum atomic E-state index is 12.5. The van der Waals surface area contributed by atoms with Gasteiger partial charge in [-0.3, -0.25) is 4.79 Å². The minimum absolute atomic E-state index is 0.0313. The third-order valence-electron chi connectivity index (χ3n) is 3.30. The summed E-state index contributed by atoms with van der Waals surface area (Å²) >= 11 is 7.23. The highest BCUT2D eigenvalue weighted by molar-refractivity contribution is 7.15. The molecule has 0 radical (unpaired) electrons. The lowest BCUT2D eigenvalue weighted by Gasteiger charge is -2.06. The number of rotatable bonds is 4. The van der Waals surface area contributed by atoms with Gasteiger partial charge < -0.3 is 10.4 Å². The molecule has 0 fully saturated rings. The van der Waals surface area contributed by atoms with Crippen molar-refractivity contribution in [1.29, 1.82) is 0 Å². The Labute approximate surface area is 142 Å². The van der Waals surface area contributed by atoms with Gasteiger partial charge in [-0.2, -0.15) is 4.40 Å². The van der Waals surface area contributed by atoms with E-state index in [-0.39, 0.29) is 23.5 Å². The Kier molecular flexibility index (Phi) is 4.23. The number of hydrogen-bond donors (Lipinski definition) is 2. The van der Waals surface area contributed by atoms with Crippen molar-refractivity contribution in [1.82, 2.24) is 14.9 Å². The van der Waals surface area contributed by atoms with Crippen molar-refractivity contribution in [2.75, 3.05) is 0 Å². The highest BCUT2D eigenvalue weighted by atomic mass is 35.5. The summed E-state index contributed by atoms with van der Waals surface area (Å²) in [7, 11) is 0. The molecule has 3 heterocycles. The molecule has 0 saturated heterocycles. The van der Waals surface area contributed by atoms with Crippen LogP contribution >= 0.6 is 22.9 Å². The topological polar surface area (TPSA) is 71.2 Å². The number of pyridine rings is 1. The molecule has 2 N–H and O–H groups in total. The molecule has 0 spiro atoms. The second-order valence-electron chi connectivity index (χ2n) is 5.39. The first-order valence-electron chi connectivity index (χ1n) is 7.10. The third-order valence-corrected chi connectivity index (χ3v) is 4.40. The van der Waals surface area contributed by atoms with Gasteiger partial charge in [-0.1, -0.05) is 17.7 Å². The van der Waals surface area contributed by atoms with Crippen molar-refractivity contribution in [3.63, 3.8) is 0 Å². The number of aromatic nitrogens is 3. The minimum atomic E-state index is -0.322. The molecule has 0 bridgehead atoms. The van der Waals surface area contributed by atoms with Crippen LogP contribution in [0.15, 0.2) is 30.6 Å². The standard InChI is InChI=1S/C15H15ClN4O2S/c1-9(2)18-13(21)12-14(22)19-6-4-3-5-11(19)20(12)8-10-7-17-15(16)23-10/h3-7,9H,8H2,1-2H3,(H-,18,21,22)/p+1. The van der Waals surface area contributed by atoms with Gasteiger partial charge >= 0.3 is 5.88 Å². The summed E-state index contributed by atoms with van der Waals surface area (Å²) in [6, 6.07) is 5.46. The average molecular weight is 352 g/mol. The Balaban J connectivity index is 2.14. The molecule has 3 aromatic heterocycles. The van der Waals surface area contributed by atoms with E-state index < -0.39 is 0 Å². The number of carbonyl (C=O) groups excluding carboxylic acids is 1. The van der Waals surface area contributed by atoms with Crippen LogP contribution in [0.25, 0.3) is 5.65 Å². The van der Waals surface area contributed by atoms with E-state index in [0.29, 0.717) is 16.7 Å². The number of imidazole rings is 1. The van der Waals surface area contributed by atoms with E-state index in [4.69, 9.17) is 11.6 Å². The summed E-state index contributed by atoms with van der Waals surface area (Å²) in [5, 5.41) is 13.3. The number of halogens is 1. The SMILES string of the molecule is CC(C)NC(=O)c1c(O)[n+]2ccccc2n1Cc1cnc(Cl)s1. The Morgan fingerprint density at radius 3 is 2.96 bits per heavy atom. The van der Waals surface area contributed by atoms with E-state index in [0.717, 1.165) is 4.88 Å². The molecule has 0 aliphatic rings. The summed E-state index contributed by atoms with van der Waals surface area (Å²) < 4.78 is 3.79. The summed E-state index contributed by atoms with van der Waals surface area (Å²) in [6.07, 6.45) is 3.39. The number of aromatic hydroxyl groups is 1. The summed E-state index contributed by atoms with van der Waals surface area (Å²) in [6.45, 7) is 4.15. The summed E-state index contributed by atoms with van der Waals surface area (Å²) in [5.74, 6) is -0.411. The predicted octanol–water partition coefficient (Wildman–Crippen LogP) is 2.23. The highest BCUT2D eigenvalue weighted by Gasteiger charge is 2.31. The molecule has 0 aliphatic heterocycles. The quantitative estimate of drug-likeness (QED) is 0.708. The molecule has 6 nitrogen and oxygen atoms in total. The molecule has 0 aromatic carbocycles. The van der Waals surface area contributed by atoms with Crippen LogP contribution in [0, 0.1) is 0 Å². The van der Waals surface area contributed by atoms with E-state index in [1.165, 1.54) is 11.3 Å². The maximum Gasteiger partial charge on any atom is 0.341 e. The van der Waals surface area contributed by atoms with E-state index in [1.54, 1.807) is 27.4 Å². The number of carbonyl (C=O) groups is 1. The first kappa shape index (κ1) is 15.8. The van der Waals surface area contributed by atoms with Gasteiger partial charge in [-0.15, -0.1) is 11.3 Å². The predicted molar refractivity (Wildman–Crippen MR) is 88.1 cm³/mol. The van der Waals surface area contributed by atoms with Crippen LogP contribution in [0.5, 0.6) is 5.88 Å². The van der Waals surface area contributed by atoms with Gasteiger partial charge in [0.1, 0.15) is 6.54 Å². The lowest BCUT2D eigenvalue weighted by Crippen LogP contribution is -2.32. The molecule has 3 aromatic rings. The van der Waals surface area contributed by atoms with Gasteiger partial charge in [0.25, 0.3) is 17.2 Å².